The van der Waals surface area contributed by atoms with Gasteiger partial charge in [0.2, 0.25) is 13.6 Å². The van der Waals surface area contributed by atoms with E-state index in [2.05, 4.69) is 4.74 Å². The van der Waals surface area contributed by atoms with Crippen LogP contribution < -0.4 is 14.2 Å². The number of ether oxygens (including phenoxy) is 5. The van der Waals surface area contributed by atoms with Gasteiger partial charge in [-0.1, -0.05) is 0 Å². The number of sulfonamides is 1. The van der Waals surface area contributed by atoms with Gasteiger partial charge in [0.1, 0.15) is 16.9 Å². The van der Waals surface area contributed by atoms with Crippen LogP contribution in [0, 0.1) is 0 Å². The van der Waals surface area contributed by atoms with E-state index in [1.54, 1.807) is 0 Å². The first kappa shape index (κ1) is 16.4. The van der Waals surface area contributed by atoms with Crippen molar-refractivity contribution in [3.63, 3.8) is 0 Å². The van der Waals surface area contributed by atoms with Crippen LogP contribution in [-0.4, -0.2) is 40.2 Å². The minimum Gasteiger partial charge on any atom is -0.505 e. The van der Waals surface area contributed by atoms with Crippen molar-refractivity contribution in [1.29, 1.82) is 0 Å². The van der Waals surface area contributed by atoms with Crippen LogP contribution in [0.15, 0.2) is 28.7 Å². The molecule has 1 aromatic rings. The molecule has 11 heteroatoms. The van der Waals surface area contributed by atoms with E-state index in [9.17, 15) is 18.3 Å². The Bertz CT molecular complexity index is 977. The van der Waals surface area contributed by atoms with Gasteiger partial charge in [-0.3, -0.25) is 4.72 Å². The van der Waals surface area contributed by atoms with Crippen molar-refractivity contribution in [3.05, 3.63) is 34.9 Å². The van der Waals surface area contributed by atoms with Gasteiger partial charge in [0.05, 0.1) is 7.11 Å². The molecule has 4 rings (SSSR count). The van der Waals surface area contributed by atoms with Gasteiger partial charge in [0, 0.05) is 17.5 Å². The predicted octanol–water partition coefficient (Wildman–Crippen LogP) is 0.495. The van der Waals surface area contributed by atoms with Crippen LogP contribution in [-0.2, 0) is 35.4 Å². The van der Waals surface area contributed by atoms with Crippen LogP contribution in [0.3, 0.4) is 0 Å². The number of aliphatic hydroxyl groups is 1. The molecule has 3 aliphatic heterocycles. The summed E-state index contributed by atoms with van der Waals surface area (Å²) in [6.07, 6.45) is 1.39. The van der Waals surface area contributed by atoms with Gasteiger partial charge in [-0.15, -0.1) is 0 Å². The van der Waals surface area contributed by atoms with Crippen LogP contribution in [0.2, 0.25) is 0 Å². The molecule has 0 spiro atoms. The number of allylic oxidation sites excluding steroid dienone is 1. The van der Waals surface area contributed by atoms with Crippen molar-refractivity contribution in [1.82, 2.24) is 4.72 Å². The Morgan fingerprint density at radius 2 is 2.12 bits per heavy atom. The highest BCUT2D eigenvalue weighted by Gasteiger charge is 2.39. The van der Waals surface area contributed by atoms with Crippen molar-refractivity contribution in [3.8, 4) is 11.5 Å². The topological polar surface area (TPSA) is 130 Å². The molecule has 1 aromatic carbocycles. The smallest absolute Gasteiger partial charge is 0.359 e. The zero-order valence-corrected chi connectivity index (χ0v) is 14.2. The number of methoxy groups -OCH3 is 1. The summed E-state index contributed by atoms with van der Waals surface area (Å²) >= 11 is 0. The number of aliphatic hydroxyl groups excluding tert-OH is 1. The standard InChI is InChI=1S/C15H13NO9S/c1-21-15(18)11-12(17)8-3-10-13(25-6-24-10)9(2-7-4-22-5-23-7)14(8)26(19,20)16-11/h3-4,16-17H,2,5-6H2,1H3. The second-order valence-corrected chi connectivity index (χ2v) is 7.10. The van der Waals surface area contributed by atoms with Gasteiger partial charge in [-0.2, -0.15) is 0 Å². The Hall–Kier alpha value is -3.08. The summed E-state index contributed by atoms with van der Waals surface area (Å²) in [5.74, 6) is -0.746. The van der Waals surface area contributed by atoms with E-state index in [0.29, 0.717) is 5.76 Å². The molecule has 2 N–H and O–H groups in total. The van der Waals surface area contributed by atoms with Crippen molar-refractivity contribution in [2.24, 2.45) is 0 Å². The molecule has 0 bridgehead atoms. The maximum Gasteiger partial charge on any atom is 0.359 e. The molecule has 0 aliphatic carbocycles. The summed E-state index contributed by atoms with van der Waals surface area (Å²) in [5, 5.41) is 10.5. The first-order valence-electron chi connectivity index (χ1n) is 7.36. The highest BCUT2D eigenvalue weighted by Crippen LogP contribution is 2.46. The Balaban J connectivity index is 1.97. The SMILES string of the molecule is COC(=O)C1=C(O)c2cc3c(c(CC4=COCO4)c2S(=O)(=O)N1)OCO3. The highest BCUT2D eigenvalue weighted by atomic mass is 32.2. The zero-order valence-electron chi connectivity index (χ0n) is 13.4. The number of esters is 1. The lowest BCUT2D eigenvalue weighted by molar-refractivity contribution is -0.136. The zero-order chi connectivity index (χ0) is 18.5. The van der Waals surface area contributed by atoms with Crippen LogP contribution in [0.25, 0.3) is 5.76 Å². The molecular formula is C15H13NO9S. The minimum atomic E-state index is -4.20. The van der Waals surface area contributed by atoms with Gasteiger partial charge in [0.15, 0.2) is 23.0 Å². The summed E-state index contributed by atoms with van der Waals surface area (Å²) in [7, 11) is -3.13. The second-order valence-electron chi connectivity index (χ2n) is 5.48. The molecule has 0 amide bonds. The Morgan fingerprint density at radius 1 is 1.31 bits per heavy atom. The number of rotatable bonds is 3. The largest absolute Gasteiger partial charge is 0.505 e. The average Bonchev–Trinajstić information content (AvgIpc) is 3.28. The van der Waals surface area contributed by atoms with Gasteiger partial charge in [-0.25, -0.2) is 13.2 Å². The summed E-state index contributed by atoms with van der Waals surface area (Å²) < 4.78 is 53.1. The van der Waals surface area contributed by atoms with Gasteiger partial charge in [0.25, 0.3) is 10.0 Å². The number of benzene rings is 1. The number of fused-ring (bicyclic) bond motifs is 2. The molecule has 0 atom stereocenters. The molecule has 26 heavy (non-hydrogen) atoms. The van der Waals surface area contributed by atoms with Crippen LogP contribution in [0.5, 0.6) is 11.5 Å². The molecule has 138 valence electrons. The van der Waals surface area contributed by atoms with Gasteiger partial charge in [-0.05, 0) is 6.07 Å². The summed E-state index contributed by atoms with van der Waals surface area (Å²) in [6, 6.07) is 1.30. The number of carbonyl (C=O) groups excluding carboxylic acids is 1. The van der Waals surface area contributed by atoms with E-state index in [-0.39, 0.29) is 47.5 Å². The molecule has 10 nitrogen and oxygen atoms in total. The normalized spacial score (nSPS) is 19.0. The third-order valence-corrected chi connectivity index (χ3v) is 5.45. The lowest BCUT2D eigenvalue weighted by atomic mass is 10.0. The van der Waals surface area contributed by atoms with Crippen LogP contribution in [0.4, 0.5) is 0 Å². The molecule has 0 fully saturated rings. The van der Waals surface area contributed by atoms with Crippen molar-refractivity contribution in [2.45, 2.75) is 11.3 Å². The van der Waals surface area contributed by atoms with E-state index in [1.165, 1.54) is 12.3 Å². The van der Waals surface area contributed by atoms with E-state index in [0.717, 1.165) is 7.11 Å². The number of hydrogen-bond donors (Lipinski definition) is 2. The summed E-state index contributed by atoms with van der Waals surface area (Å²) in [4.78, 5) is 11.6. The van der Waals surface area contributed by atoms with E-state index < -0.39 is 27.4 Å². The van der Waals surface area contributed by atoms with Crippen molar-refractivity contribution in [2.75, 3.05) is 20.7 Å². The first-order chi connectivity index (χ1) is 12.4. The van der Waals surface area contributed by atoms with Crippen LogP contribution >= 0.6 is 0 Å². The van der Waals surface area contributed by atoms with E-state index >= 15 is 0 Å². The summed E-state index contributed by atoms with van der Waals surface area (Å²) in [5.41, 5.74) is -0.456. The molecule has 0 saturated heterocycles. The Kier molecular flexibility index (Phi) is 3.61. The number of hydrogen-bond acceptors (Lipinski definition) is 9. The maximum atomic E-state index is 12.8. The Morgan fingerprint density at radius 3 is 2.81 bits per heavy atom. The highest BCUT2D eigenvalue weighted by molar-refractivity contribution is 7.90. The lowest BCUT2D eigenvalue weighted by Gasteiger charge is -2.23. The fourth-order valence-corrected chi connectivity index (χ4v) is 4.37. The summed E-state index contributed by atoms with van der Waals surface area (Å²) in [6.45, 7) is -0.0873. The van der Waals surface area contributed by atoms with Gasteiger partial charge < -0.3 is 28.8 Å². The first-order valence-corrected chi connectivity index (χ1v) is 8.84. The molecule has 0 unspecified atom stereocenters. The Labute approximate surface area is 147 Å². The van der Waals surface area contributed by atoms with E-state index in [1.807, 2.05) is 4.72 Å². The monoisotopic (exact) mass is 383 g/mol. The minimum absolute atomic E-state index is 0.0204. The molecular weight excluding hydrogens is 370 g/mol. The van der Waals surface area contributed by atoms with Crippen LogP contribution in [0.1, 0.15) is 11.1 Å². The average molecular weight is 383 g/mol. The fourth-order valence-electron chi connectivity index (χ4n) is 2.88. The third-order valence-electron chi connectivity index (χ3n) is 3.97. The molecule has 0 saturated carbocycles. The number of nitrogens with one attached hydrogen (secondary N) is 1. The maximum absolute atomic E-state index is 12.8. The number of carbonyl (C=O) groups is 1. The van der Waals surface area contributed by atoms with E-state index in [4.69, 9.17) is 18.9 Å². The molecule has 3 heterocycles. The molecule has 0 radical (unpaired) electrons. The predicted molar refractivity (Wildman–Crippen MR) is 83.3 cm³/mol. The molecule has 0 aromatic heterocycles. The fraction of sp³-hybridized carbons (Fsp3) is 0.267. The van der Waals surface area contributed by atoms with Crippen molar-refractivity contribution >= 4 is 21.8 Å². The van der Waals surface area contributed by atoms with Crippen molar-refractivity contribution < 1.29 is 42.0 Å². The molecule has 3 aliphatic rings. The quantitative estimate of drug-likeness (QED) is 0.716. The second kappa shape index (κ2) is 5.73. The lowest BCUT2D eigenvalue weighted by Crippen LogP contribution is -2.34. The van der Waals surface area contributed by atoms with Gasteiger partial charge >= 0.3 is 5.97 Å². The third kappa shape index (κ3) is 2.39.